The van der Waals surface area contributed by atoms with Gasteiger partial charge in [0, 0.05) is 6.42 Å². The second kappa shape index (κ2) is 20.2. The third-order valence-electron chi connectivity index (χ3n) is 6.65. The van der Waals surface area contributed by atoms with Gasteiger partial charge in [0.1, 0.15) is 37.1 Å². The zero-order chi connectivity index (χ0) is 26.8. The first-order valence-corrected chi connectivity index (χ1v) is 14.0. The van der Waals surface area contributed by atoms with E-state index >= 15 is 0 Å². The number of carbonyl (C=O) groups excluding carboxylic acids is 1. The molecule has 9 heteroatoms. The van der Waals surface area contributed by atoms with Crippen LogP contribution in [0.4, 0.5) is 0 Å². The van der Waals surface area contributed by atoms with Gasteiger partial charge in [0.25, 0.3) is 0 Å². The predicted molar refractivity (Wildman–Crippen MR) is 136 cm³/mol. The zero-order valence-electron chi connectivity index (χ0n) is 22.4. The Bertz CT molecular complexity index is 543. The van der Waals surface area contributed by atoms with Crippen molar-refractivity contribution < 1.29 is 44.5 Å². The van der Waals surface area contributed by atoms with Gasteiger partial charge in [-0.3, -0.25) is 4.79 Å². The molecule has 1 heterocycles. The van der Waals surface area contributed by atoms with Crippen LogP contribution in [-0.4, -0.2) is 88.1 Å². The Kier molecular flexibility index (Phi) is 18.6. The van der Waals surface area contributed by atoms with Crippen LogP contribution < -0.4 is 0 Å². The summed E-state index contributed by atoms with van der Waals surface area (Å²) in [5.74, 6) is 0.444. The van der Waals surface area contributed by atoms with Gasteiger partial charge in [0.05, 0.1) is 13.2 Å². The number of aliphatic hydroxyl groups is 5. The molecule has 1 aliphatic rings. The lowest BCUT2D eigenvalue weighted by Crippen LogP contribution is -2.59. The summed E-state index contributed by atoms with van der Waals surface area (Å²) in [5.41, 5.74) is 0. The monoisotopic (exact) mass is 520 g/mol. The summed E-state index contributed by atoms with van der Waals surface area (Å²) in [4.78, 5) is 11.9. The molecule has 36 heavy (non-hydrogen) atoms. The number of rotatable bonds is 21. The van der Waals surface area contributed by atoms with Crippen molar-refractivity contribution in [3.63, 3.8) is 0 Å². The minimum absolute atomic E-state index is 0.256. The minimum atomic E-state index is -1.55. The topological polar surface area (TPSA) is 146 Å². The summed E-state index contributed by atoms with van der Waals surface area (Å²) in [6.07, 6.45) is 8.23. The Labute approximate surface area is 217 Å². The fourth-order valence-corrected chi connectivity index (χ4v) is 4.31. The highest BCUT2D eigenvalue weighted by molar-refractivity contribution is 5.69. The van der Waals surface area contributed by atoms with Crippen molar-refractivity contribution in [2.24, 2.45) is 5.92 Å². The summed E-state index contributed by atoms with van der Waals surface area (Å²) >= 11 is 0. The Morgan fingerprint density at radius 2 is 1.31 bits per heavy atom. The average Bonchev–Trinajstić information content (AvgIpc) is 2.85. The molecule has 6 atom stereocenters. The van der Waals surface area contributed by atoms with Crippen molar-refractivity contribution in [1.82, 2.24) is 0 Å². The molecule has 1 saturated heterocycles. The van der Waals surface area contributed by atoms with E-state index in [0.29, 0.717) is 6.42 Å². The Balaban J connectivity index is 1.95. The summed E-state index contributed by atoms with van der Waals surface area (Å²) in [6.45, 7) is 3.44. The molecule has 0 saturated carbocycles. The van der Waals surface area contributed by atoms with E-state index in [-0.39, 0.29) is 19.2 Å². The summed E-state index contributed by atoms with van der Waals surface area (Å²) in [5, 5.41) is 48.5. The van der Waals surface area contributed by atoms with Crippen LogP contribution in [0.2, 0.25) is 0 Å². The van der Waals surface area contributed by atoms with Gasteiger partial charge in [0.15, 0.2) is 6.29 Å². The van der Waals surface area contributed by atoms with Crippen LogP contribution in [0.25, 0.3) is 0 Å². The molecule has 1 fully saturated rings. The first kappa shape index (κ1) is 33.2. The lowest BCUT2D eigenvalue weighted by molar-refractivity contribution is -0.305. The van der Waals surface area contributed by atoms with Gasteiger partial charge >= 0.3 is 5.97 Å². The maximum atomic E-state index is 11.9. The van der Waals surface area contributed by atoms with Crippen LogP contribution >= 0.6 is 0 Å². The normalized spacial score (nSPS) is 25.3. The number of ether oxygens (including phenoxy) is 3. The van der Waals surface area contributed by atoms with Gasteiger partial charge < -0.3 is 39.7 Å². The molecular weight excluding hydrogens is 468 g/mol. The molecule has 1 rings (SSSR count). The molecule has 0 aromatic carbocycles. The van der Waals surface area contributed by atoms with E-state index in [4.69, 9.17) is 14.2 Å². The standard InChI is InChI=1S/C27H52O9/c1-20(2)15-13-11-9-7-5-3-4-6-8-10-12-14-16-23(30)34-18-21(29)19-35-27-26(33)25(32)24(31)22(17-28)36-27/h20-22,24-29,31-33H,3-19H2,1-2H3/t21?,22-,24-,25+,26-,27?/m1/s1. The number of esters is 1. The fourth-order valence-electron chi connectivity index (χ4n) is 4.31. The molecule has 214 valence electrons. The first-order chi connectivity index (χ1) is 17.3. The molecule has 0 aromatic heterocycles. The van der Waals surface area contributed by atoms with Gasteiger partial charge in [-0.2, -0.15) is 0 Å². The maximum absolute atomic E-state index is 11.9. The van der Waals surface area contributed by atoms with E-state index in [2.05, 4.69) is 13.8 Å². The van der Waals surface area contributed by atoms with Gasteiger partial charge in [-0.1, -0.05) is 90.9 Å². The number of hydrogen-bond acceptors (Lipinski definition) is 9. The van der Waals surface area contributed by atoms with E-state index in [1.807, 2.05) is 0 Å². The molecule has 9 nitrogen and oxygen atoms in total. The van der Waals surface area contributed by atoms with Gasteiger partial charge in [-0.05, 0) is 12.3 Å². The number of aliphatic hydroxyl groups excluding tert-OH is 5. The van der Waals surface area contributed by atoms with E-state index in [1.165, 1.54) is 64.2 Å². The van der Waals surface area contributed by atoms with Crippen molar-refractivity contribution in [3.05, 3.63) is 0 Å². The van der Waals surface area contributed by atoms with Crippen molar-refractivity contribution in [2.45, 2.75) is 141 Å². The Morgan fingerprint density at radius 1 is 0.778 bits per heavy atom. The lowest BCUT2D eigenvalue weighted by Gasteiger charge is -2.39. The first-order valence-electron chi connectivity index (χ1n) is 14.0. The van der Waals surface area contributed by atoms with Crippen LogP contribution in [0.1, 0.15) is 104 Å². The SMILES string of the molecule is CC(C)CCCCCCCCCCCCCCC(=O)OCC(O)COC1O[C@H](CO)[C@@H](O)[C@H](O)[C@H]1O. The van der Waals surface area contributed by atoms with E-state index in [0.717, 1.165) is 25.2 Å². The van der Waals surface area contributed by atoms with E-state index in [1.54, 1.807) is 0 Å². The van der Waals surface area contributed by atoms with Crippen molar-refractivity contribution >= 4 is 5.97 Å². The fraction of sp³-hybridized carbons (Fsp3) is 0.963. The van der Waals surface area contributed by atoms with Crippen LogP contribution in [0, 0.1) is 5.92 Å². The summed E-state index contributed by atoms with van der Waals surface area (Å²) in [7, 11) is 0. The largest absolute Gasteiger partial charge is 0.463 e. The average molecular weight is 521 g/mol. The predicted octanol–water partition coefficient (Wildman–Crippen LogP) is 2.82. The van der Waals surface area contributed by atoms with E-state index < -0.39 is 43.4 Å². The summed E-state index contributed by atoms with van der Waals surface area (Å²) < 4.78 is 15.5. The molecule has 5 N–H and O–H groups in total. The Morgan fingerprint density at radius 3 is 1.83 bits per heavy atom. The molecule has 0 amide bonds. The van der Waals surface area contributed by atoms with Crippen LogP contribution in [0.3, 0.4) is 0 Å². The number of hydrogen-bond donors (Lipinski definition) is 5. The number of unbranched alkanes of at least 4 members (excludes halogenated alkanes) is 11. The van der Waals surface area contributed by atoms with Crippen molar-refractivity contribution in [3.8, 4) is 0 Å². The molecule has 0 aliphatic carbocycles. The van der Waals surface area contributed by atoms with Gasteiger partial charge in [0.2, 0.25) is 0 Å². The zero-order valence-corrected chi connectivity index (χ0v) is 22.4. The third-order valence-corrected chi connectivity index (χ3v) is 6.65. The third kappa shape index (κ3) is 14.8. The highest BCUT2D eigenvalue weighted by Crippen LogP contribution is 2.22. The molecule has 1 aliphatic heterocycles. The minimum Gasteiger partial charge on any atom is -0.463 e. The highest BCUT2D eigenvalue weighted by atomic mass is 16.7. The molecule has 2 unspecified atom stereocenters. The van der Waals surface area contributed by atoms with Crippen LogP contribution in [0.15, 0.2) is 0 Å². The van der Waals surface area contributed by atoms with Gasteiger partial charge in [-0.25, -0.2) is 0 Å². The van der Waals surface area contributed by atoms with Crippen molar-refractivity contribution in [1.29, 1.82) is 0 Å². The van der Waals surface area contributed by atoms with Crippen molar-refractivity contribution in [2.75, 3.05) is 19.8 Å². The molecular formula is C27H52O9. The Hall–Kier alpha value is -0.810. The molecule has 0 spiro atoms. The van der Waals surface area contributed by atoms with Crippen LogP contribution in [-0.2, 0) is 19.0 Å². The van der Waals surface area contributed by atoms with Crippen LogP contribution in [0.5, 0.6) is 0 Å². The smallest absolute Gasteiger partial charge is 0.305 e. The number of carbonyl (C=O) groups is 1. The molecule has 0 aromatic rings. The highest BCUT2D eigenvalue weighted by Gasteiger charge is 2.44. The maximum Gasteiger partial charge on any atom is 0.305 e. The molecule has 0 radical (unpaired) electrons. The quantitative estimate of drug-likeness (QED) is 0.114. The second-order valence-electron chi connectivity index (χ2n) is 10.5. The van der Waals surface area contributed by atoms with Gasteiger partial charge in [-0.15, -0.1) is 0 Å². The molecule has 0 bridgehead atoms. The lowest BCUT2D eigenvalue weighted by atomic mass is 9.99. The van der Waals surface area contributed by atoms with E-state index in [9.17, 15) is 30.3 Å². The summed E-state index contributed by atoms with van der Waals surface area (Å²) in [6, 6.07) is 0. The second-order valence-corrected chi connectivity index (χ2v) is 10.5.